The van der Waals surface area contributed by atoms with Crippen LogP contribution in [0.15, 0.2) is 64.8 Å². The second kappa shape index (κ2) is 10.5. The highest BCUT2D eigenvalue weighted by molar-refractivity contribution is 5.90. The molecule has 208 valence electrons. The predicted octanol–water partition coefficient (Wildman–Crippen LogP) is 5.72. The molecule has 2 saturated heterocycles. The Bertz CT molecular complexity index is 1300. The Balaban J connectivity index is 1.41. The van der Waals surface area contributed by atoms with Gasteiger partial charge in [0.25, 0.3) is 0 Å². The summed E-state index contributed by atoms with van der Waals surface area (Å²) in [6.07, 6.45) is 8.35. The van der Waals surface area contributed by atoms with E-state index in [1.165, 1.54) is 5.57 Å². The smallest absolute Gasteiger partial charge is 0.325 e. The maximum Gasteiger partial charge on any atom is 0.325 e. The lowest BCUT2D eigenvalue weighted by molar-refractivity contribution is 0.106. The number of amides is 4. The molecule has 1 aromatic carbocycles. The summed E-state index contributed by atoms with van der Waals surface area (Å²) in [5.41, 5.74) is 5.93. The van der Waals surface area contributed by atoms with E-state index in [9.17, 15) is 9.59 Å². The van der Waals surface area contributed by atoms with Crippen molar-refractivity contribution in [3.05, 3.63) is 75.9 Å². The van der Waals surface area contributed by atoms with E-state index >= 15 is 0 Å². The van der Waals surface area contributed by atoms with Gasteiger partial charge < -0.3 is 24.6 Å². The molecule has 0 unspecified atom stereocenters. The number of likely N-dealkylation sites (tertiary alicyclic amines) is 1. The minimum absolute atomic E-state index is 0.0427. The molecule has 1 atom stereocenters. The number of likely N-dealkylation sites (N-methyl/N-ethyl adjacent to an activating group) is 1. The number of nitrogens with one attached hydrogen (secondary N) is 1. The van der Waals surface area contributed by atoms with Crippen molar-refractivity contribution >= 4 is 17.7 Å². The van der Waals surface area contributed by atoms with E-state index in [1.54, 1.807) is 14.2 Å². The highest BCUT2D eigenvalue weighted by Gasteiger charge is 2.55. The monoisotopic (exact) mass is 532 g/mol. The fourth-order valence-corrected chi connectivity index (χ4v) is 6.62. The molecule has 3 aliphatic heterocycles. The van der Waals surface area contributed by atoms with E-state index in [2.05, 4.69) is 24.4 Å². The van der Waals surface area contributed by atoms with Crippen LogP contribution in [0.4, 0.5) is 15.3 Å². The first-order valence-electron chi connectivity index (χ1n) is 13.9. The van der Waals surface area contributed by atoms with Crippen LogP contribution in [0.1, 0.15) is 44.2 Å². The van der Waals surface area contributed by atoms with Crippen LogP contribution in [0.25, 0.3) is 0 Å². The minimum atomic E-state index is -0.425. The molecule has 1 N–H and O–H groups in total. The summed E-state index contributed by atoms with van der Waals surface area (Å²) >= 11 is 0. The first-order chi connectivity index (χ1) is 18.7. The standard InChI is InChI=1S/C31H40N4O4/c1-7-35-30(37)34-19-23-10-11-24(38-5)18-26(39-6)28(23)22(4)17-27(34)31(35)12-14-33(15-13-31)29(36)32-25-16-20(2)8-9-21(25)3/h8-9,11,16-18,22H,7,10,12-15,19H2,1-6H3,(H,32,36)/t22-/m0/s1. The van der Waals surface area contributed by atoms with Gasteiger partial charge in [0.1, 0.15) is 11.5 Å². The molecule has 2 fully saturated rings. The van der Waals surface area contributed by atoms with Gasteiger partial charge in [0.2, 0.25) is 0 Å². The van der Waals surface area contributed by atoms with E-state index in [0.717, 1.165) is 39.6 Å². The largest absolute Gasteiger partial charge is 0.497 e. The van der Waals surface area contributed by atoms with E-state index in [4.69, 9.17) is 9.47 Å². The molecule has 39 heavy (non-hydrogen) atoms. The molecule has 0 aromatic heterocycles. The zero-order valence-corrected chi connectivity index (χ0v) is 24.0. The predicted molar refractivity (Wildman–Crippen MR) is 152 cm³/mol. The third-order valence-corrected chi connectivity index (χ3v) is 8.71. The van der Waals surface area contributed by atoms with Gasteiger partial charge in [0.05, 0.1) is 19.8 Å². The lowest BCUT2D eigenvalue weighted by Crippen LogP contribution is -2.55. The van der Waals surface area contributed by atoms with Crippen molar-refractivity contribution in [3.8, 4) is 0 Å². The zero-order chi connectivity index (χ0) is 27.9. The Hall–Kier alpha value is -3.68. The molecule has 3 heterocycles. The van der Waals surface area contributed by atoms with Gasteiger partial charge in [-0.2, -0.15) is 0 Å². The molecule has 4 amide bonds. The lowest BCUT2D eigenvalue weighted by Gasteiger charge is -2.44. The first-order valence-corrected chi connectivity index (χ1v) is 13.9. The average Bonchev–Trinajstić information content (AvgIpc) is 3.08. The molecule has 1 aromatic rings. The molecule has 4 aliphatic rings. The summed E-state index contributed by atoms with van der Waals surface area (Å²) < 4.78 is 11.3. The summed E-state index contributed by atoms with van der Waals surface area (Å²) in [5, 5.41) is 3.11. The lowest BCUT2D eigenvalue weighted by atomic mass is 9.82. The molecule has 0 radical (unpaired) electrons. The summed E-state index contributed by atoms with van der Waals surface area (Å²) in [7, 11) is 3.35. The number of rotatable bonds is 4. The van der Waals surface area contributed by atoms with Gasteiger partial charge in [-0.25, -0.2) is 9.59 Å². The molecule has 8 heteroatoms. The van der Waals surface area contributed by atoms with Gasteiger partial charge in [0, 0.05) is 55.1 Å². The number of urea groups is 2. The van der Waals surface area contributed by atoms with Crippen LogP contribution in [0.5, 0.6) is 0 Å². The Kier molecular flexibility index (Phi) is 7.23. The van der Waals surface area contributed by atoms with Crippen LogP contribution in [0.3, 0.4) is 0 Å². The Morgan fingerprint density at radius 2 is 1.90 bits per heavy atom. The Morgan fingerprint density at radius 3 is 2.56 bits per heavy atom. The first kappa shape index (κ1) is 26.9. The number of fused-ring (bicyclic) bond motifs is 2. The van der Waals surface area contributed by atoms with Crippen LogP contribution in [0, 0.1) is 19.8 Å². The number of anilines is 1. The van der Waals surface area contributed by atoms with Gasteiger partial charge in [0.15, 0.2) is 0 Å². The molecule has 8 nitrogen and oxygen atoms in total. The Morgan fingerprint density at radius 1 is 1.15 bits per heavy atom. The average molecular weight is 533 g/mol. The molecule has 1 spiro atoms. The third-order valence-electron chi connectivity index (χ3n) is 8.71. The number of carbonyl (C=O) groups is 2. The summed E-state index contributed by atoms with van der Waals surface area (Å²) in [5.74, 6) is 1.61. The maximum atomic E-state index is 13.9. The number of methoxy groups -OCH3 is 2. The zero-order valence-electron chi connectivity index (χ0n) is 24.0. The van der Waals surface area contributed by atoms with Crippen LogP contribution in [-0.2, 0) is 9.47 Å². The van der Waals surface area contributed by atoms with Crippen molar-refractivity contribution in [2.24, 2.45) is 5.92 Å². The fraction of sp³-hybridized carbons (Fsp3) is 0.484. The number of hydrogen-bond donors (Lipinski definition) is 1. The molecule has 0 bridgehead atoms. The molecule has 5 rings (SSSR count). The Labute approximate surface area is 231 Å². The summed E-state index contributed by atoms with van der Waals surface area (Å²) in [6.45, 7) is 10.6. The van der Waals surface area contributed by atoms with Crippen molar-refractivity contribution in [1.82, 2.24) is 14.7 Å². The van der Waals surface area contributed by atoms with Crippen molar-refractivity contribution < 1.29 is 19.1 Å². The van der Waals surface area contributed by atoms with Crippen LogP contribution < -0.4 is 5.32 Å². The van der Waals surface area contributed by atoms with E-state index in [0.29, 0.717) is 45.4 Å². The number of hydrogen-bond acceptors (Lipinski definition) is 4. The van der Waals surface area contributed by atoms with Gasteiger partial charge in [-0.1, -0.05) is 25.1 Å². The van der Waals surface area contributed by atoms with E-state index in [-0.39, 0.29) is 18.0 Å². The minimum Gasteiger partial charge on any atom is -0.497 e. The topological polar surface area (TPSA) is 74.4 Å². The maximum absolute atomic E-state index is 13.9. The number of benzene rings is 1. The van der Waals surface area contributed by atoms with Gasteiger partial charge >= 0.3 is 12.1 Å². The quantitative estimate of drug-likeness (QED) is 0.538. The molecule has 1 aliphatic carbocycles. The van der Waals surface area contributed by atoms with E-state index in [1.807, 2.05) is 59.7 Å². The number of piperidine rings is 1. The summed E-state index contributed by atoms with van der Waals surface area (Å²) in [4.78, 5) is 33.0. The van der Waals surface area contributed by atoms with Crippen LogP contribution in [-0.4, -0.2) is 72.7 Å². The normalized spacial score (nSPS) is 22.4. The van der Waals surface area contributed by atoms with Gasteiger partial charge in [-0.3, -0.25) is 4.90 Å². The number of nitrogens with zero attached hydrogens (tertiary/aromatic N) is 3. The van der Waals surface area contributed by atoms with Crippen molar-refractivity contribution in [1.29, 1.82) is 0 Å². The highest BCUT2D eigenvalue weighted by atomic mass is 16.5. The number of aryl methyl sites for hydroxylation is 2. The number of allylic oxidation sites excluding steroid dienone is 4. The number of ether oxygens (including phenoxy) is 2. The number of carbonyl (C=O) groups excluding carboxylic acids is 2. The third kappa shape index (κ3) is 4.60. The molecule has 0 saturated carbocycles. The summed E-state index contributed by atoms with van der Waals surface area (Å²) in [6, 6.07) is 6.04. The van der Waals surface area contributed by atoms with Crippen molar-refractivity contribution in [2.75, 3.05) is 45.7 Å². The fourth-order valence-electron chi connectivity index (χ4n) is 6.62. The SMILES string of the molecule is CCN1C(=O)N2CC3=C(C(OC)=CC(OC)=CC3)[C@@H](C)C=C2C12CCN(C(=O)Nc1cc(C)ccc1C)CC2. The second-order valence-electron chi connectivity index (χ2n) is 11.0. The molecular weight excluding hydrogens is 492 g/mol. The van der Waals surface area contributed by atoms with Gasteiger partial charge in [-0.05, 0) is 68.9 Å². The van der Waals surface area contributed by atoms with Crippen LogP contribution >= 0.6 is 0 Å². The van der Waals surface area contributed by atoms with Crippen molar-refractivity contribution in [2.45, 2.75) is 52.5 Å². The van der Waals surface area contributed by atoms with Gasteiger partial charge in [-0.15, -0.1) is 0 Å². The highest BCUT2D eigenvalue weighted by Crippen LogP contribution is 2.47. The van der Waals surface area contributed by atoms with Crippen LogP contribution in [0.2, 0.25) is 0 Å². The van der Waals surface area contributed by atoms with Crippen molar-refractivity contribution in [3.63, 3.8) is 0 Å². The van der Waals surface area contributed by atoms with E-state index < -0.39 is 5.54 Å². The molecular formula is C31H40N4O4. The second-order valence-corrected chi connectivity index (χ2v) is 11.0.